The largest absolute Gasteiger partial charge is 0.506 e. The monoisotopic (exact) mass is 221 g/mol. The van der Waals surface area contributed by atoms with Crippen molar-refractivity contribution in [3.8, 4) is 11.8 Å². The quantitative estimate of drug-likeness (QED) is 0.261. The first kappa shape index (κ1) is 11.5. The van der Waals surface area contributed by atoms with Gasteiger partial charge in [-0.2, -0.15) is 10.4 Å². The van der Waals surface area contributed by atoms with Crippen molar-refractivity contribution < 1.29 is 9.50 Å². The second-order valence-corrected chi connectivity index (χ2v) is 2.76. The molecule has 1 aromatic rings. The SMILES string of the molecule is N#C/C(=N\Nc1cc(F)ccc1O)C(=N)N. The van der Waals surface area contributed by atoms with E-state index in [4.69, 9.17) is 16.4 Å². The van der Waals surface area contributed by atoms with Crippen molar-refractivity contribution >= 4 is 17.2 Å². The number of phenols is 1. The Bertz CT molecular complexity index is 491. The summed E-state index contributed by atoms with van der Waals surface area (Å²) in [5.74, 6) is -1.33. The molecule has 0 aromatic heterocycles. The highest BCUT2D eigenvalue weighted by Crippen LogP contribution is 2.23. The molecule has 16 heavy (non-hydrogen) atoms. The molecule has 0 bridgehead atoms. The van der Waals surface area contributed by atoms with Crippen molar-refractivity contribution in [2.45, 2.75) is 0 Å². The summed E-state index contributed by atoms with van der Waals surface area (Å²) >= 11 is 0. The molecule has 7 heteroatoms. The number of nitriles is 1. The molecule has 6 nitrogen and oxygen atoms in total. The first-order valence-electron chi connectivity index (χ1n) is 4.11. The number of phenolic OH excluding ortho intramolecular Hbond substituents is 1. The van der Waals surface area contributed by atoms with Crippen LogP contribution >= 0.6 is 0 Å². The lowest BCUT2D eigenvalue weighted by Gasteiger charge is -2.03. The van der Waals surface area contributed by atoms with Crippen LogP contribution in [0.15, 0.2) is 23.3 Å². The van der Waals surface area contributed by atoms with Crippen LogP contribution in [0, 0.1) is 22.6 Å². The molecular weight excluding hydrogens is 213 g/mol. The number of hydrazone groups is 1. The summed E-state index contributed by atoms with van der Waals surface area (Å²) in [6.45, 7) is 0. The van der Waals surface area contributed by atoms with E-state index in [2.05, 4.69) is 10.5 Å². The Morgan fingerprint density at radius 3 is 2.88 bits per heavy atom. The molecule has 82 valence electrons. The zero-order valence-corrected chi connectivity index (χ0v) is 8.03. The average Bonchev–Trinajstić information content (AvgIpc) is 2.23. The number of nitrogens with two attached hydrogens (primary N) is 1. The Kier molecular flexibility index (Phi) is 3.40. The Morgan fingerprint density at radius 1 is 1.62 bits per heavy atom. The van der Waals surface area contributed by atoms with E-state index in [9.17, 15) is 9.50 Å². The van der Waals surface area contributed by atoms with Gasteiger partial charge in [0.2, 0.25) is 5.71 Å². The molecule has 0 fully saturated rings. The third kappa shape index (κ3) is 2.68. The Hall–Kier alpha value is -2.62. The number of hydrogen-bond acceptors (Lipinski definition) is 5. The summed E-state index contributed by atoms with van der Waals surface area (Å²) in [4.78, 5) is 0. The molecule has 0 radical (unpaired) electrons. The van der Waals surface area contributed by atoms with E-state index in [1.54, 1.807) is 6.07 Å². The molecule has 5 N–H and O–H groups in total. The smallest absolute Gasteiger partial charge is 0.201 e. The van der Waals surface area contributed by atoms with Crippen LogP contribution in [0.5, 0.6) is 5.75 Å². The lowest BCUT2D eigenvalue weighted by Crippen LogP contribution is -2.21. The van der Waals surface area contributed by atoms with Gasteiger partial charge >= 0.3 is 0 Å². The number of rotatable bonds is 3. The van der Waals surface area contributed by atoms with Crippen molar-refractivity contribution in [2.24, 2.45) is 10.8 Å². The molecule has 0 heterocycles. The fourth-order valence-corrected chi connectivity index (χ4v) is 0.859. The van der Waals surface area contributed by atoms with Crippen LogP contribution in [0.1, 0.15) is 0 Å². The van der Waals surface area contributed by atoms with Gasteiger partial charge in [-0.05, 0) is 12.1 Å². The molecule has 0 unspecified atom stereocenters. The van der Waals surface area contributed by atoms with Gasteiger partial charge in [0.1, 0.15) is 23.3 Å². The van der Waals surface area contributed by atoms with Gasteiger partial charge in [0, 0.05) is 6.07 Å². The normalized spacial score (nSPS) is 10.6. The van der Waals surface area contributed by atoms with Crippen LogP contribution in [0.4, 0.5) is 10.1 Å². The Balaban J connectivity index is 2.94. The van der Waals surface area contributed by atoms with Gasteiger partial charge in [0.15, 0.2) is 5.84 Å². The maximum Gasteiger partial charge on any atom is 0.201 e. The second-order valence-electron chi connectivity index (χ2n) is 2.76. The standard InChI is InChI=1S/C9H8FN5O/c10-5-1-2-8(16)6(3-5)14-15-7(4-11)9(12)13/h1-3,14,16H,(H3,12,13)/b15-7+. The highest BCUT2D eigenvalue weighted by atomic mass is 19.1. The number of aromatic hydroxyl groups is 1. The van der Waals surface area contributed by atoms with Crippen LogP contribution in [0.3, 0.4) is 0 Å². The third-order valence-corrected chi connectivity index (χ3v) is 1.61. The molecule has 0 saturated heterocycles. The summed E-state index contributed by atoms with van der Waals surface area (Å²) in [7, 11) is 0. The first-order valence-corrected chi connectivity index (χ1v) is 4.11. The van der Waals surface area contributed by atoms with Gasteiger partial charge in [0.05, 0.1) is 0 Å². The minimum atomic E-state index is -0.572. The summed E-state index contributed by atoms with van der Waals surface area (Å²) in [5.41, 5.74) is 6.90. The van der Waals surface area contributed by atoms with E-state index in [1.165, 1.54) is 0 Å². The lowest BCUT2D eigenvalue weighted by atomic mass is 10.3. The maximum atomic E-state index is 12.8. The zero-order chi connectivity index (χ0) is 12.1. The first-order chi connectivity index (χ1) is 7.54. The highest BCUT2D eigenvalue weighted by molar-refractivity contribution is 6.45. The molecular formula is C9H8FN5O. The fraction of sp³-hybridized carbons (Fsp3) is 0. The molecule has 0 saturated carbocycles. The number of hydrogen-bond donors (Lipinski definition) is 4. The molecule has 0 aliphatic rings. The Morgan fingerprint density at radius 2 is 2.31 bits per heavy atom. The molecule has 0 aliphatic carbocycles. The van der Waals surface area contributed by atoms with Crippen LogP contribution < -0.4 is 11.2 Å². The number of anilines is 1. The summed E-state index contributed by atoms with van der Waals surface area (Å²) in [5, 5.41) is 28.2. The molecule has 0 aliphatic heterocycles. The van der Waals surface area contributed by atoms with Crippen molar-refractivity contribution in [3.05, 3.63) is 24.0 Å². The minimum absolute atomic E-state index is 0.0194. The van der Waals surface area contributed by atoms with E-state index in [0.29, 0.717) is 0 Å². The van der Waals surface area contributed by atoms with Gasteiger partial charge < -0.3 is 10.8 Å². The van der Waals surface area contributed by atoms with Crippen molar-refractivity contribution in [1.29, 1.82) is 10.7 Å². The molecule has 0 amide bonds. The number of halogens is 1. The summed E-state index contributed by atoms with van der Waals surface area (Å²) in [6, 6.07) is 4.76. The number of nitrogens with zero attached hydrogens (tertiary/aromatic N) is 2. The van der Waals surface area contributed by atoms with Crippen molar-refractivity contribution in [1.82, 2.24) is 0 Å². The summed E-state index contributed by atoms with van der Waals surface area (Å²) < 4.78 is 12.8. The number of benzene rings is 1. The van der Waals surface area contributed by atoms with Crippen LogP contribution in [0.25, 0.3) is 0 Å². The zero-order valence-electron chi connectivity index (χ0n) is 8.03. The Labute approximate surface area is 90.3 Å². The van der Waals surface area contributed by atoms with E-state index in [0.717, 1.165) is 18.2 Å². The molecule has 1 aromatic carbocycles. The summed E-state index contributed by atoms with van der Waals surface area (Å²) in [6.07, 6.45) is 0. The number of nitrogens with one attached hydrogen (secondary N) is 2. The van der Waals surface area contributed by atoms with E-state index in [1.807, 2.05) is 0 Å². The van der Waals surface area contributed by atoms with Crippen molar-refractivity contribution in [2.75, 3.05) is 5.43 Å². The minimum Gasteiger partial charge on any atom is -0.506 e. The van der Waals surface area contributed by atoms with Gasteiger partial charge in [-0.1, -0.05) is 0 Å². The predicted molar refractivity (Wildman–Crippen MR) is 56.6 cm³/mol. The van der Waals surface area contributed by atoms with Gasteiger partial charge in [0.25, 0.3) is 0 Å². The molecule has 0 spiro atoms. The van der Waals surface area contributed by atoms with Crippen LogP contribution in [-0.4, -0.2) is 16.7 Å². The second kappa shape index (κ2) is 4.75. The van der Waals surface area contributed by atoms with Gasteiger partial charge in [-0.25, -0.2) is 4.39 Å². The van der Waals surface area contributed by atoms with Crippen LogP contribution in [-0.2, 0) is 0 Å². The highest BCUT2D eigenvalue weighted by Gasteiger charge is 2.04. The number of amidine groups is 1. The van der Waals surface area contributed by atoms with Crippen LogP contribution in [0.2, 0.25) is 0 Å². The average molecular weight is 221 g/mol. The molecule has 0 atom stereocenters. The lowest BCUT2D eigenvalue weighted by molar-refractivity contribution is 0.475. The van der Waals surface area contributed by atoms with Gasteiger partial charge in [-0.3, -0.25) is 10.8 Å². The van der Waals surface area contributed by atoms with Crippen molar-refractivity contribution in [3.63, 3.8) is 0 Å². The molecule has 1 rings (SSSR count). The van der Waals surface area contributed by atoms with Gasteiger partial charge in [-0.15, -0.1) is 0 Å². The third-order valence-electron chi connectivity index (χ3n) is 1.61. The topological polar surface area (TPSA) is 118 Å². The predicted octanol–water partition coefficient (Wildman–Crippen LogP) is 0.759. The fourth-order valence-electron chi connectivity index (χ4n) is 0.859. The maximum absolute atomic E-state index is 12.8. The van der Waals surface area contributed by atoms with E-state index >= 15 is 0 Å². The van der Waals surface area contributed by atoms with E-state index < -0.39 is 11.7 Å². The van der Waals surface area contributed by atoms with E-state index in [-0.39, 0.29) is 17.1 Å².